The van der Waals surface area contributed by atoms with Crippen molar-refractivity contribution in [2.24, 2.45) is 0 Å². The zero-order chi connectivity index (χ0) is 16.0. The summed E-state index contributed by atoms with van der Waals surface area (Å²) in [6.07, 6.45) is 2.74. The van der Waals surface area contributed by atoms with Gasteiger partial charge < -0.3 is 10.2 Å². The number of aryl methyl sites for hydroxylation is 1. The molecule has 0 aliphatic carbocycles. The van der Waals surface area contributed by atoms with Gasteiger partial charge in [-0.25, -0.2) is 0 Å². The molecule has 2 N–H and O–H groups in total. The number of rotatable bonds is 1. The van der Waals surface area contributed by atoms with Gasteiger partial charge in [0, 0.05) is 25.1 Å². The fourth-order valence-electron chi connectivity index (χ4n) is 3.74. The molecule has 6 heteroatoms. The van der Waals surface area contributed by atoms with Gasteiger partial charge in [0.2, 0.25) is 11.8 Å². The SMILES string of the molecule is O=C1CC[C@H](N2Cc3cc4c(cc3C2=O)CCCNC4)C(=O)N1. The predicted octanol–water partition coefficient (Wildman–Crippen LogP) is 0.483. The lowest BCUT2D eigenvalue weighted by molar-refractivity contribution is -0.136. The largest absolute Gasteiger partial charge is 0.322 e. The third-order valence-electron chi connectivity index (χ3n) is 4.96. The van der Waals surface area contributed by atoms with Crippen LogP contribution in [-0.4, -0.2) is 35.2 Å². The second-order valence-electron chi connectivity index (χ2n) is 6.46. The van der Waals surface area contributed by atoms with E-state index in [2.05, 4.69) is 16.7 Å². The molecule has 23 heavy (non-hydrogen) atoms. The van der Waals surface area contributed by atoms with Crippen LogP contribution in [0.2, 0.25) is 0 Å². The highest BCUT2D eigenvalue weighted by atomic mass is 16.2. The van der Waals surface area contributed by atoms with Gasteiger partial charge in [-0.05, 0) is 48.6 Å². The maximum Gasteiger partial charge on any atom is 0.255 e. The van der Waals surface area contributed by atoms with E-state index in [1.165, 1.54) is 11.1 Å². The highest BCUT2D eigenvalue weighted by molar-refractivity contribution is 6.05. The van der Waals surface area contributed by atoms with Crippen molar-refractivity contribution in [1.29, 1.82) is 0 Å². The smallest absolute Gasteiger partial charge is 0.255 e. The molecule has 0 unspecified atom stereocenters. The van der Waals surface area contributed by atoms with Gasteiger partial charge in [0.1, 0.15) is 6.04 Å². The van der Waals surface area contributed by atoms with Crippen LogP contribution < -0.4 is 10.6 Å². The van der Waals surface area contributed by atoms with Crippen molar-refractivity contribution in [1.82, 2.24) is 15.5 Å². The molecule has 3 aliphatic rings. The van der Waals surface area contributed by atoms with E-state index >= 15 is 0 Å². The standard InChI is InChI=1S/C17H19N3O3/c21-15-4-3-14(16(22)19-15)20-9-12-6-11-8-18-5-1-2-10(11)7-13(12)17(20)23/h6-7,14,18H,1-5,8-9H2,(H,19,21,22)/t14-/m0/s1. The van der Waals surface area contributed by atoms with Crippen LogP contribution in [0.4, 0.5) is 0 Å². The Hall–Kier alpha value is -2.21. The quantitative estimate of drug-likeness (QED) is 0.739. The Kier molecular flexibility index (Phi) is 3.41. The number of fused-ring (bicyclic) bond motifs is 2. The summed E-state index contributed by atoms with van der Waals surface area (Å²) in [4.78, 5) is 37.7. The molecule has 1 aromatic carbocycles. The molecule has 3 aliphatic heterocycles. The highest BCUT2D eigenvalue weighted by Gasteiger charge is 2.39. The third kappa shape index (κ3) is 2.43. The monoisotopic (exact) mass is 313 g/mol. The summed E-state index contributed by atoms with van der Waals surface area (Å²) < 4.78 is 0. The van der Waals surface area contributed by atoms with Crippen LogP contribution in [0, 0.1) is 0 Å². The highest BCUT2D eigenvalue weighted by Crippen LogP contribution is 2.30. The van der Waals surface area contributed by atoms with E-state index in [1.807, 2.05) is 6.07 Å². The van der Waals surface area contributed by atoms with Crippen molar-refractivity contribution in [3.05, 3.63) is 34.4 Å². The minimum atomic E-state index is -0.537. The number of nitrogens with zero attached hydrogens (tertiary/aromatic N) is 1. The van der Waals surface area contributed by atoms with E-state index in [4.69, 9.17) is 0 Å². The second kappa shape index (κ2) is 5.45. The topological polar surface area (TPSA) is 78.5 Å². The molecule has 3 heterocycles. The van der Waals surface area contributed by atoms with E-state index in [-0.39, 0.29) is 24.1 Å². The average molecular weight is 313 g/mol. The Bertz CT molecular complexity index is 713. The maximum absolute atomic E-state index is 12.7. The predicted molar refractivity (Wildman–Crippen MR) is 82.5 cm³/mol. The summed E-state index contributed by atoms with van der Waals surface area (Å²) in [5.41, 5.74) is 4.18. The first-order valence-electron chi connectivity index (χ1n) is 8.13. The van der Waals surface area contributed by atoms with Crippen LogP contribution in [0.1, 0.15) is 46.3 Å². The van der Waals surface area contributed by atoms with Crippen LogP contribution >= 0.6 is 0 Å². The van der Waals surface area contributed by atoms with Crippen molar-refractivity contribution < 1.29 is 14.4 Å². The Labute approximate surface area is 134 Å². The molecule has 0 spiro atoms. The number of piperidine rings is 1. The van der Waals surface area contributed by atoms with Gasteiger partial charge in [-0.2, -0.15) is 0 Å². The van der Waals surface area contributed by atoms with Crippen LogP contribution in [0.15, 0.2) is 12.1 Å². The lowest BCUT2D eigenvalue weighted by atomic mass is 9.97. The molecular weight excluding hydrogens is 294 g/mol. The maximum atomic E-state index is 12.7. The fourth-order valence-corrected chi connectivity index (χ4v) is 3.74. The first-order valence-corrected chi connectivity index (χ1v) is 8.13. The number of benzene rings is 1. The minimum Gasteiger partial charge on any atom is -0.322 e. The molecule has 1 fully saturated rings. The lowest BCUT2D eigenvalue weighted by Crippen LogP contribution is -2.52. The molecule has 0 aromatic heterocycles. The van der Waals surface area contributed by atoms with Gasteiger partial charge >= 0.3 is 0 Å². The second-order valence-corrected chi connectivity index (χ2v) is 6.46. The van der Waals surface area contributed by atoms with Crippen LogP contribution in [0.5, 0.6) is 0 Å². The van der Waals surface area contributed by atoms with Crippen molar-refractivity contribution in [2.75, 3.05) is 6.54 Å². The van der Waals surface area contributed by atoms with E-state index in [0.29, 0.717) is 13.0 Å². The summed E-state index contributed by atoms with van der Waals surface area (Å²) >= 11 is 0. The van der Waals surface area contributed by atoms with E-state index < -0.39 is 6.04 Å². The first kappa shape index (κ1) is 14.4. The summed E-state index contributed by atoms with van der Waals surface area (Å²) in [6, 6.07) is 3.57. The van der Waals surface area contributed by atoms with Gasteiger partial charge in [-0.15, -0.1) is 0 Å². The zero-order valence-corrected chi connectivity index (χ0v) is 12.9. The summed E-state index contributed by atoms with van der Waals surface area (Å²) in [6.45, 7) is 2.28. The summed E-state index contributed by atoms with van der Waals surface area (Å²) in [5.74, 6) is -0.701. The van der Waals surface area contributed by atoms with Crippen molar-refractivity contribution in [2.45, 2.75) is 44.8 Å². The van der Waals surface area contributed by atoms with Gasteiger partial charge in [-0.1, -0.05) is 6.07 Å². The summed E-state index contributed by atoms with van der Waals surface area (Å²) in [5, 5.41) is 5.73. The van der Waals surface area contributed by atoms with Crippen LogP contribution in [0.25, 0.3) is 0 Å². The minimum absolute atomic E-state index is 0.0884. The van der Waals surface area contributed by atoms with Crippen molar-refractivity contribution in [3.63, 3.8) is 0 Å². The van der Waals surface area contributed by atoms with Gasteiger partial charge in [0.15, 0.2) is 0 Å². The lowest BCUT2D eigenvalue weighted by Gasteiger charge is -2.29. The Morgan fingerprint density at radius 3 is 2.74 bits per heavy atom. The number of hydrogen-bond acceptors (Lipinski definition) is 4. The fraction of sp³-hybridized carbons (Fsp3) is 0.471. The molecular formula is C17H19N3O3. The summed E-state index contributed by atoms with van der Waals surface area (Å²) in [7, 11) is 0. The van der Waals surface area contributed by atoms with Gasteiger partial charge in [-0.3, -0.25) is 19.7 Å². The molecule has 120 valence electrons. The normalized spacial score (nSPS) is 24.1. The number of hydrogen-bond donors (Lipinski definition) is 2. The Balaban J connectivity index is 1.63. The van der Waals surface area contributed by atoms with Crippen molar-refractivity contribution in [3.8, 4) is 0 Å². The van der Waals surface area contributed by atoms with E-state index in [1.54, 1.807) is 4.90 Å². The first-order chi connectivity index (χ1) is 11.1. The Morgan fingerprint density at radius 2 is 1.91 bits per heavy atom. The number of carbonyl (C=O) groups is 3. The van der Waals surface area contributed by atoms with E-state index in [9.17, 15) is 14.4 Å². The zero-order valence-electron chi connectivity index (χ0n) is 12.9. The average Bonchev–Trinajstić information content (AvgIpc) is 2.71. The molecule has 3 amide bonds. The van der Waals surface area contributed by atoms with Crippen LogP contribution in [0.3, 0.4) is 0 Å². The molecule has 0 saturated carbocycles. The Morgan fingerprint density at radius 1 is 1.04 bits per heavy atom. The van der Waals surface area contributed by atoms with Crippen molar-refractivity contribution >= 4 is 17.7 Å². The number of amides is 3. The van der Waals surface area contributed by atoms with Gasteiger partial charge in [0.05, 0.1) is 0 Å². The third-order valence-corrected chi connectivity index (χ3v) is 4.96. The molecule has 1 atom stereocenters. The molecule has 0 bridgehead atoms. The molecule has 1 saturated heterocycles. The van der Waals surface area contributed by atoms with E-state index in [0.717, 1.165) is 37.1 Å². The molecule has 4 rings (SSSR count). The molecule has 1 aromatic rings. The van der Waals surface area contributed by atoms with Gasteiger partial charge in [0.25, 0.3) is 5.91 Å². The molecule has 6 nitrogen and oxygen atoms in total. The van der Waals surface area contributed by atoms with Crippen LogP contribution in [-0.2, 0) is 29.1 Å². The number of carbonyl (C=O) groups excluding carboxylic acids is 3. The number of imide groups is 1. The number of nitrogens with one attached hydrogen (secondary N) is 2. The molecule has 0 radical (unpaired) electrons.